The van der Waals surface area contributed by atoms with Crippen LogP contribution in [0.4, 0.5) is 4.79 Å². The number of benzene rings is 2. The lowest BCUT2D eigenvalue weighted by atomic mass is 9.75. The largest absolute Gasteiger partial charge is 0.492 e. The molecular weight excluding hydrogens is 406 g/mol. The van der Waals surface area contributed by atoms with E-state index in [9.17, 15) is 9.90 Å². The predicted molar refractivity (Wildman–Crippen MR) is 121 cm³/mol. The Labute approximate surface area is 188 Å². The van der Waals surface area contributed by atoms with Crippen molar-refractivity contribution >= 4 is 6.09 Å². The maximum absolute atomic E-state index is 11.8. The zero-order valence-corrected chi connectivity index (χ0v) is 18.5. The van der Waals surface area contributed by atoms with Gasteiger partial charge in [-0.3, -0.25) is 0 Å². The van der Waals surface area contributed by atoms with Gasteiger partial charge in [0, 0.05) is 11.6 Å². The third kappa shape index (κ3) is 5.28. The van der Waals surface area contributed by atoms with E-state index in [1.54, 1.807) is 4.90 Å². The lowest BCUT2D eigenvalue weighted by Crippen LogP contribution is -2.44. The molecule has 1 aliphatic rings. The molecule has 1 heterocycles. The van der Waals surface area contributed by atoms with Gasteiger partial charge in [0.15, 0.2) is 0 Å². The molecule has 1 aliphatic carbocycles. The van der Waals surface area contributed by atoms with Crippen LogP contribution in [-0.4, -0.2) is 45.4 Å². The highest BCUT2D eigenvalue weighted by Crippen LogP contribution is 2.37. The van der Waals surface area contributed by atoms with Crippen molar-refractivity contribution in [3.05, 3.63) is 54.9 Å². The van der Waals surface area contributed by atoms with E-state index in [0.29, 0.717) is 24.4 Å². The van der Waals surface area contributed by atoms with E-state index >= 15 is 0 Å². The summed E-state index contributed by atoms with van der Waals surface area (Å²) in [5.74, 6) is 1.27. The molecule has 4 rings (SSSR count). The molecule has 0 radical (unpaired) electrons. The molecule has 0 spiro atoms. The van der Waals surface area contributed by atoms with E-state index in [1.165, 1.54) is 6.39 Å². The second kappa shape index (κ2) is 9.42. The third-order valence-electron chi connectivity index (χ3n) is 6.27. The number of ether oxygens (including phenoxy) is 1. The first-order valence-corrected chi connectivity index (χ1v) is 11.0. The Balaban J connectivity index is 1.34. The number of hydrogen-bond donors (Lipinski definition) is 1. The summed E-state index contributed by atoms with van der Waals surface area (Å²) in [6.07, 6.45) is 4.38. The molecule has 0 unspecified atom stereocenters. The minimum atomic E-state index is -0.866. The van der Waals surface area contributed by atoms with Crippen LogP contribution in [0, 0.1) is 5.41 Å². The van der Waals surface area contributed by atoms with Gasteiger partial charge in [0.2, 0.25) is 12.2 Å². The fraction of sp³-hybridized carbons (Fsp3) is 0.400. The summed E-state index contributed by atoms with van der Waals surface area (Å²) in [6, 6.07) is 15.8. The molecular formula is C25H29N3O4. The normalized spacial score (nSPS) is 15.9. The predicted octanol–water partition coefficient (Wildman–Crippen LogP) is 5.73. The zero-order chi connectivity index (χ0) is 22.6. The topological polar surface area (TPSA) is 88.7 Å². The van der Waals surface area contributed by atoms with Crippen LogP contribution in [0.15, 0.2) is 59.4 Å². The van der Waals surface area contributed by atoms with Gasteiger partial charge in [0.25, 0.3) is 0 Å². The van der Waals surface area contributed by atoms with Gasteiger partial charge in [-0.1, -0.05) is 49.3 Å². The number of carbonyl (C=O) groups is 1. The number of aromatic nitrogens is 2. The highest BCUT2D eigenvalue weighted by atomic mass is 16.5. The first-order valence-electron chi connectivity index (χ1n) is 11.0. The van der Waals surface area contributed by atoms with Crippen molar-refractivity contribution in [2.75, 3.05) is 13.2 Å². The number of amides is 1. The number of carboxylic acid groups (broad SMARTS) is 1. The van der Waals surface area contributed by atoms with Crippen molar-refractivity contribution in [2.45, 2.75) is 45.6 Å². The Morgan fingerprint density at radius 3 is 2.50 bits per heavy atom. The summed E-state index contributed by atoms with van der Waals surface area (Å²) >= 11 is 0. The molecule has 168 valence electrons. The van der Waals surface area contributed by atoms with Crippen molar-refractivity contribution in [3.63, 3.8) is 0 Å². The van der Waals surface area contributed by atoms with E-state index in [1.807, 2.05) is 48.5 Å². The standard InChI is InChI=1S/C25H29N3O4/c1-25(2)12-10-21(11-13-25)28(24(29)30)14-15-31-22-8-6-18(7-9-22)19-4-3-5-20(16-19)23-26-17-32-27-23/h3-9,16-17,21H,10-15H2,1-2H3,(H,29,30). The average molecular weight is 436 g/mol. The van der Waals surface area contributed by atoms with Crippen molar-refractivity contribution in [2.24, 2.45) is 5.41 Å². The molecule has 1 saturated carbocycles. The van der Waals surface area contributed by atoms with E-state index in [4.69, 9.17) is 9.26 Å². The fourth-order valence-corrected chi connectivity index (χ4v) is 4.27. The average Bonchev–Trinajstić information content (AvgIpc) is 3.33. The molecule has 0 bridgehead atoms. The maximum Gasteiger partial charge on any atom is 0.407 e. The van der Waals surface area contributed by atoms with Gasteiger partial charge in [0.05, 0.1) is 6.54 Å². The molecule has 1 fully saturated rings. The fourth-order valence-electron chi connectivity index (χ4n) is 4.27. The Kier molecular flexibility index (Phi) is 6.44. The van der Waals surface area contributed by atoms with Gasteiger partial charge in [-0.25, -0.2) is 4.79 Å². The van der Waals surface area contributed by atoms with Crippen LogP contribution in [0.25, 0.3) is 22.5 Å². The van der Waals surface area contributed by atoms with E-state index in [2.05, 4.69) is 24.0 Å². The number of hydrogen-bond acceptors (Lipinski definition) is 5. The molecule has 32 heavy (non-hydrogen) atoms. The summed E-state index contributed by atoms with van der Waals surface area (Å²) in [5.41, 5.74) is 3.27. The molecule has 1 amide bonds. The zero-order valence-electron chi connectivity index (χ0n) is 18.5. The second-order valence-corrected chi connectivity index (χ2v) is 9.08. The molecule has 0 atom stereocenters. The molecule has 7 nitrogen and oxygen atoms in total. The Hall–Kier alpha value is -3.35. The summed E-state index contributed by atoms with van der Waals surface area (Å²) in [4.78, 5) is 17.4. The molecule has 0 aliphatic heterocycles. The first-order chi connectivity index (χ1) is 15.4. The number of rotatable bonds is 7. The molecule has 2 aromatic carbocycles. The Morgan fingerprint density at radius 1 is 1.12 bits per heavy atom. The summed E-state index contributed by atoms with van der Waals surface area (Å²) in [6.45, 7) is 5.21. The van der Waals surface area contributed by atoms with Gasteiger partial charge < -0.3 is 19.3 Å². The molecule has 1 aromatic heterocycles. The molecule has 7 heteroatoms. The SMILES string of the molecule is CC1(C)CCC(N(CCOc2ccc(-c3cccc(-c4ncon4)c3)cc2)C(=O)O)CC1. The highest BCUT2D eigenvalue weighted by Gasteiger charge is 2.32. The Morgan fingerprint density at radius 2 is 1.84 bits per heavy atom. The van der Waals surface area contributed by atoms with Crippen molar-refractivity contribution < 1.29 is 19.2 Å². The lowest BCUT2D eigenvalue weighted by molar-refractivity contribution is 0.0805. The van der Waals surface area contributed by atoms with E-state index in [-0.39, 0.29) is 6.04 Å². The van der Waals surface area contributed by atoms with Crippen LogP contribution in [-0.2, 0) is 0 Å². The first kappa shape index (κ1) is 21.9. The molecule has 0 saturated heterocycles. The minimum Gasteiger partial charge on any atom is -0.492 e. The maximum atomic E-state index is 11.8. The van der Waals surface area contributed by atoms with Gasteiger partial charge in [-0.15, -0.1) is 0 Å². The highest BCUT2D eigenvalue weighted by molar-refractivity contribution is 5.70. The Bertz CT molecular complexity index is 1020. The van der Waals surface area contributed by atoms with E-state index in [0.717, 1.165) is 48.1 Å². The second-order valence-electron chi connectivity index (χ2n) is 9.08. The number of nitrogens with zero attached hydrogens (tertiary/aromatic N) is 3. The van der Waals surface area contributed by atoms with Crippen LogP contribution < -0.4 is 4.74 Å². The van der Waals surface area contributed by atoms with Crippen LogP contribution >= 0.6 is 0 Å². The molecule has 3 aromatic rings. The van der Waals surface area contributed by atoms with Crippen LogP contribution in [0.3, 0.4) is 0 Å². The summed E-state index contributed by atoms with van der Waals surface area (Å²) in [5, 5.41) is 13.5. The minimum absolute atomic E-state index is 0.0815. The van der Waals surface area contributed by atoms with Crippen LogP contribution in [0.2, 0.25) is 0 Å². The van der Waals surface area contributed by atoms with Gasteiger partial charge in [0.1, 0.15) is 12.4 Å². The summed E-state index contributed by atoms with van der Waals surface area (Å²) < 4.78 is 10.7. The summed E-state index contributed by atoms with van der Waals surface area (Å²) in [7, 11) is 0. The molecule has 1 N–H and O–H groups in total. The van der Waals surface area contributed by atoms with Crippen molar-refractivity contribution in [1.82, 2.24) is 15.0 Å². The quantitative estimate of drug-likeness (QED) is 0.510. The monoisotopic (exact) mass is 435 g/mol. The van der Waals surface area contributed by atoms with Gasteiger partial charge in [-0.05, 0) is 60.4 Å². The van der Waals surface area contributed by atoms with E-state index < -0.39 is 6.09 Å². The third-order valence-corrected chi connectivity index (χ3v) is 6.27. The van der Waals surface area contributed by atoms with Crippen LogP contribution in [0.5, 0.6) is 5.75 Å². The van der Waals surface area contributed by atoms with Gasteiger partial charge >= 0.3 is 6.09 Å². The lowest BCUT2D eigenvalue weighted by Gasteiger charge is -2.38. The smallest absolute Gasteiger partial charge is 0.407 e. The van der Waals surface area contributed by atoms with Gasteiger partial charge in [-0.2, -0.15) is 4.98 Å². The van der Waals surface area contributed by atoms with Crippen LogP contribution in [0.1, 0.15) is 39.5 Å². The van der Waals surface area contributed by atoms with Crippen molar-refractivity contribution in [1.29, 1.82) is 0 Å². The van der Waals surface area contributed by atoms with Crippen molar-refractivity contribution in [3.8, 4) is 28.3 Å².